The van der Waals surface area contributed by atoms with Gasteiger partial charge in [-0.3, -0.25) is 14.9 Å². The second-order valence-corrected chi connectivity index (χ2v) is 5.20. The van der Waals surface area contributed by atoms with Gasteiger partial charge in [-0.25, -0.2) is 0 Å². The van der Waals surface area contributed by atoms with Crippen LogP contribution < -0.4 is 5.73 Å². The molecule has 0 aliphatic carbocycles. The molecule has 1 aromatic carbocycles. The van der Waals surface area contributed by atoms with Crippen LogP contribution in [0.15, 0.2) is 18.2 Å². The first-order valence-electron chi connectivity index (χ1n) is 6.53. The molecule has 2 aliphatic heterocycles. The molecule has 0 saturated carbocycles. The molecular weight excluding hydrogens is 262 g/mol. The molecule has 0 spiro atoms. The number of hydrogen-bond acceptors (Lipinski definition) is 5. The zero-order valence-electron chi connectivity index (χ0n) is 10.8. The van der Waals surface area contributed by atoms with Gasteiger partial charge in [0.25, 0.3) is 11.6 Å². The van der Waals surface area contributed by atoms with Crippen molar-refractivity contribution in [1.82, 2.24) is 4.90 Å². The predicted molar refractivity (Wildman–Crippen MR) is 71.3 cm³/mol. The summed E-state index contributed by atoms with van der Waals surface area (Å²) < 4.78 is 5.66. The van der Waals surface area contributed by atoms with Crippen molar-refractivity contribution in [3.05, 3.63) is 33.9 Å². The summed E-state index contributed by atoms with van der Waals surface area (Å²) in [7, 11) is 0. The number of fused-ring (bicyclic) bond motifs is 2. The van der Waals surface area contributed by atoms with Gasteiger partial charge in [-0.05, 0) is 25.0 Å². The number of carbonyl (C=O) groups is 1. The predicted octanol–water partition coefficient (Wildman–Crippen LogP) is 1.18. The van der Waals surface area contributed by atoms with Crippen LogP contribution in [-0.2, 0) is 4.74 Å². The van der Waals surface area contributed by atoms with E-state index in [1.54, 1.807) is 4.90 Å². The van der Waals surface area contributed by atoms with Crippen LogP contribution in [0.2, 0.25) is 0 Å². The summed E-state index contributed by atoms with van der Waals surface area (Å²) in [5.74, 6) is -0.343. The number of ether oxygens (including phenoxy) is 1. The Kier molecular flexibility index (Phi) is 3.06. The summed E-state index contributed by atoms with van der Waals surface area (Å²) in [6, 6.07) is 4.08. The molecule has 2 aliphatic rings. The second-order valence-electron chi connectivity index (χ2n) is 5.20. The maximum atomic E-state index is 12.5. The number of benzene rings is 1. The van der Waals surface area contributed by atoms with Crippen LogP contribution in [0.25, 0.3) is 0 Å². The van der Waals surface area contributed by atoms with Gasteiger partial charge in [-0.2, -0.15) is 0 Å². The maximum Gasteiger partial charge on any atom is 0.282 e. The number of likely N-dealkylation sites (tertiary alicyclic amines) is 1. The minimum Gasteiger partial charge on any atom is -0.399 e. The first-order valence-corrected chi connectivity index (χ1v) is 6.53. The highest BCUT2D eigenvalue weighted by Gasteiger charge is 2.37. The molecule has 2 unspecified atom stereocenters. The fourth-order valence-electron chi connectivity index (χ4n) is 2.84. The fraction of sp³-hybridized carbons (Fsp3) is 0.462. The van der Waals surface area contributed by atoms with Gasteiger partial charge >= 0.3 is 0 Å². The minimum atomic E-state index is -0.554. The van der Waals surface area contributed by atoms with Crippen LogP contribution in [0.3, 0.4) is 0 Å². The lowest BCUT2D eigenvalue weighted by Gasteiger charge is -2.32. The number of nitrogen functional groups attached to an aromatic ring is 1. The average Bonchev–Trinajstić information content (AvgIpc) is 2.76. The highest BCUT2D eigenvalue weighted by molar-refractivity contribution is 5.99. The molecule has 20 heavy (non-hydrogen) atoms. The number of morpholine rings is 1. The largest absolute Gasteiger partial charge is 0.399 e. The third-order valence-electron chi connectivity index (χ3n) is 3.78. The van der Waals surface area contributed by atoms with Crippen molar-refractivity contribution in [2.75, 3.05) is 18.8 Å². The number of anilines is 1. The quantitative estimate of drug-likeness (QED) is 0.497. The van der Waals surface area contributed by atoms with Crippen LogP contribution in [0.4, 0.5) is 11.4 Å². The SMILES string of the molecule is Nc1ccc([N+](=O)[O-])c(C(=O)N2CC3CCC(C2)O3)c1. The molecule has 0 aromatic heterocycles. The van der Waals surface area contributed by atoms with Crippen molar-refractivity contribution in [1.29, 1.82) is 0 Å². The highest BCUT2D eigenvalue weighted by Crippen LogP contribution is 2.29. The molecule has 2 fully saturated rings. The van der Waals surface area contributed by atoms with E-state index in [9.17, 15) is 14.9 Å². The molecule has 2 bridgehead atoms. The van der Waals surface area contributed by atoms with E-state index in [-0.39, 0.29) is 29.4 Å². The number of nitrogens with two attached hydrogens (primary N) is 1. The second kappa shape index (κ2) is 4.75. The van der Waals surface area contributed by atoms with Gasteiger partial charge in [-0.15, -0.1) is 0 Å². The summed E-state index contributed by atoms with van der Waals surface area (Å²) >= 11 is 0. The molecule has 1 amide bonds. The molecule has 1 aromatic rings. The van der Waals surface area contributed by atoms with Gasteiger partial charge in [0.2, 0.25) is 0 Å². The zero-order chi connectivity index (χ0) is 14.3. The van der Waals surface area contributed by atoms with Crippen LogP contribution in [0, 0.1) is 10.1 Å². The van der Waals surface area contributed by atoms with E-state index in [1.165, 1.54) is 18.2 Å². The van der Waals surface area contributed by atoms with Gasteiger partial charge in [0, 0.05) is 24.8 Å². The van der Waals surface area contributed by atoms with E-state index in [0.717, 1.165) is 12.8 Å². The smallest absolute Gasteiger partial charge is 0.282 e. The molecule has 7 heteroatoms. The molecule has 2 N–H and O–H groups in total. The van der Waals surface area contributed by atoms with Crippen LogP contribution >= 0.6 is 0 Å². The molecule has 2 heterocycles. The lowest BCUT2D eigenvalue weighted by Crippen LogP contribution is -2.45. The number of amides is 1. The van der Waals surface area contributed by atoms with Crippen molar-refractivity contribution in [3.63, 3.8) is 0 Å². The molecule has 3 rings (SSSR count). The maximum absolute atomic E-state index is 12.5. The van der Waals surface area contributed by atoms with Crippen molar-refractivity contribution < 1.29 is 14.5 Å². The molecule has 7 nitrogen and oxygen atoms in total. The van der Waals surface area contributed by atoms with Crippen LogP contribution in [-0.4, -0.2) is 41.0 Å². The summed E-state index contributed by atoms with van der Waals surface area (Å²) in [5, 5.41) is 11.0. The normalized spacial score (nSPS) is 24.7. The van der Waals surface area contributed by atoms with Crippen LogP contribution in [0.1, 0.15) is 23.2 Å². The number of hydrogen-bond donors (Lipinski definition) is 1. The molecule has 0 radical (unpaired) electrons. The Morgan fingerprint density at radius 3 is 2.60 bits per heavy atom. The third-order valence-corrected chi connectivity index (χ3v) is 3.78. The fourth-order valence-corrected chi connectivity index (χ4v) is 2.84. The standard InChI is InChI=1S/C13H15N3O4/c14-8-1-4-12(16(18)19)11(5-8)13(17)15-6-9-2-3-10(7-15)20-9/h1,4-5,9-10H,2-3,6-7,14H2. The molecule has 106 valence electrons. The van der Waals surface area contributed by atoms with E-state index in [0.29, 0.717) is 18.8 Å². The lowest BCUT2D eigenvalue weighted by molar-refractivity contribution is -0.385. The summed E-state index contributed by atoms with van der Waals surface area (Å²) in [5.41, 5.74) is 5.83. The average molecular weight is 277 g/mol. The highest BCUT2D eigenvalue weighted by atomic mass is 16.6. The van der Waals surface area contributed by atoms with Gasteiger partial charge in [0.15, 0.2) is 0 Å². The Labute approximate surface area is 115 Å². The van der Waals surface area contributed by atoms with Gasteiger partial charge in [0.05, 0.1) is 17.1 Å². The van der Waals surface area contributed by atoms with E-state index in [4.69, 9.17) is 10.5 Å². The first kappa shape index (κ1) is 12.9. The lowest BCUT2D eigenvalue weighted by atomic mass is 10.1. The number of nitro groups is 1. The minimum absolute atomic E-state index is 0.0521. The van der Waals surface area contributed by atoms with Crippen molar-refractivity contribution in [3.8, 4) is 0 Å². The third kappa shape index (κ3) is 2.20. The number of rotatable bonds is 2. The Balaban J connectivity index is 1.90. The zero-order valence-corrected chi connectivity index (χ0v) is 10.8. The molecular formula is C13H15N3O4. The van der Waals surface area contributed by atoms with Crippen molar-refractivity contribution in [2.24, 2.45) is 0 Å². The van der Waals surface area contributed by atoms with E-state index < -0.39 is 4.92 Å². The summed E-state index contributed by atoms with van der Waals surface area (Å²) in [6.07, 6.45) is 1.98. The number of carbonyl (C=O) groups excluding carboxylic acids is 1. The summed E-state index contributed by atoms with van der Waals surface area (Å²) in [6.45, 7) is 0.975. The van der Waals surface area contributed by atoms with Crippen LogP contribution in [0.5, 0.6) is 0 Å². The first-order chi connectivity index (χ1) is 9.54. The Hall–Kier alpha value is -2.15. The Morgan fingerprint density at radius 1 is 1.35 bits per heavy atom. The monoisotopic (exact) mass is 277 g/mol. The van der Waals surface area contributed by atoms with Gasteiger partial charge < -0.3 is 15.4 Å². The Bertz CT molecular complexity index is 563. The van der Waals surface area contributed by atoms with Gasteiger partial charge in [-0.1, -0.05) is 0 Å². The van der Waals surface area contributed by atoms with Crippen molar-refractivity contribution in [2.45, 2.75) is 25.0 Å². The topological polar surface area (TPSA) is 98.7 Å². The summed E-state index contributed by atoms with van der Waals surface area (Å²) in [4.78, 5) is 24.6. The van der Waals surface area contributed by atoms with E-state index in [2.05, 4.69) is 0 Å². The molecule has 2 saturated heterocycles. The van der Waals surface area contributed by atoms with Crippen molar-refractivity contribution >= 4 is 17.3 Å². The van der Waals surface area contributed by atoms with E-state index >= 15 is 0 Å². The van der Waals surface area contributed by atoms with Gasteiger partial charge in [0.1, 0.15) is 5.56 Å². The van der Waals surface area contributed by atoms with E-state index in [1.807, 2.05) is 0 Å². The molecule has 2 atom stereocenters. The Morgan fingerprint density at radius 2 is 2.00 bits per heavy atom. The number of nitro benzene ring substituents is 1. The number of nitrogens with zero attached hydrogens (tertiary/aromatic N) is 2.